The minimum absolute atomic E-state index is 0.162. The van der Waals surface area contributed by atoms with E-state index in [1.54, 1.807) is 0 Å². The zero-order valence-electron chi connectivity index (χ0n) is 15.8. The van der Waals surface area contributed by atoms with Gasteiger partial charge in [-0.2, -0.15) is 0 Å². The molecule has 2 aromatic heterocycles. The molecular formula is C22H24N2O2Se2. The van der Waals surface area contributed by atoms with Crippen molar-refractivity contribution < 1.29 is 0 Å². The first kappa shape index (κ1) is 19.7. The number of fused-ring (bicyclic) bond motifs is 2. The predicted octanol–water partition coefficient (Wildman–Crippen LogP) is 3.47. The summed E-state index contributed by atoms with van der Waals surface area (Å²) in [5.74, 6) is 0. The Kier molecular flexibility index (Phi) is 6.54. The third-order valence-electron chi connectivity index (χ3n) is 5.08. The third kappa shape index (κ3) is 4.36. The van der Waals surface area contributed by atoms with Gasteiger partial charge >= 0.3 is 177 Å². The maximum absolute atomic E-state index is 12.3. The zero-order valence-corrected chi connectivity index (χ0v) is 19.2. The Morgan fingerprint density at radius 3 is 1.39 bits per heavy atom. The monoisotopic (exact) mass is 508 g/mol. The molecule has 0 fully saturated rings. The molecule has 0 atom stereocenters. The van der Waals surface area contributed by atoms with Crippen LogP contribution >= 0.6 is 0 Å². The molecule has 0 bridgehead atoms. The fraction of sp³-hybridized carbons (Fsp3) is 0.364. The van der Waals surface area contributed by atoms with Gasteiger partial charge in [0, 0.05) is 0 Å². The number of hydrogen-bond donors (Lipinski definition) is 0. The first-order chi connectivity index (χ1) is 13.7. The van der Waals surface area contributed by atoms with Gasteiger partial charge < -0.3 is 0 Å². The van der Waals surface area contributed by atoms with Gasteiger partial charge in [-0.1, -0.05) is 0 Å². The standard InChI is InChI=1S/C22H24N2O2Se2/c25-21-17-11-5-7-13-19(17)27-23(21)15-9-3-1-2-4-10-16-24-22(26)18-12-6-8-14-20(18)28-24/h5-8,11-14H,1-4,9-10,15-16H2. The van der Waals surface area contributed by atoms with Gasteiger partial charge in [-0.05, 0) is 0 Å². The van der Waals surface area contributed by atoms with Gasteiger partial charge in [0.1, 0.15) is 0 Å². The van der Waals surface area contributed by atoms with Crippen LogP contribution in [-0.4, -0.2) is 36.6 Å². The SMILES string of the molecule is O=c1c2ccccc2[se]n1CCCCCCCCn1[se]c2ccccc2c1=O. The summed E-state index contributed by atoms with van der Waals surface area (Å²) in [4.78, 5) is 24.7. The molecule has 0 unspecified atom stereocenters. The summed E-state index contributed by atoms with van der Waals surface area (Å²) in [5.41, 5.74) is 0.433. The van der Waals surface area contributed by atoms with Gasteiger partial charge in [0.05, 0.1) is 0 Å². The molecule has 146 valence electrons. The van der Waals surface area contributed by atoms with Crippen LogP contribution in [0.15, 0.2) is 58.1 Å². The van der Waals surface area contributed by atoms with Crippen molar-refractivity contribution in [3.63, 3.8) is 0 Å². The molecule has 0 aliphatic rings. The molecule has 0 N–H and O–H groups in total. The van der Waals surface area contributed by atoms with E-state index >= 15 is 0 Å². The molecule has 4 nitrogen and oxygen atoms in total. The second kappa shape index (κ2) is 9.28. The van der Waals surface area contributed by atoms with Crippen LogP contribution in [0.1, 0.15) is 38.5 Å². The quantitative estimate of drug-likeness (QED) is 0.258. The molecule has 6 heteroatoms. The van der Waals surface area contributed by atoms with Gasteiger partial charge in [0.15, 0.2) is 0 Å². The number of aromatic nitrogens is 2. The molecule has 4 aromatic rings. The van der Waals surface area contributed by atoms with Crippen LogP contribution in [0.25, 0.3) is 19.3 Å². The van der Waals surface area contributed by atoms with Crippen molar-refractivity contribution in [1.29, 1.82) is 0 Å². The van der Waals surface area contributed by atoms with Crippen LogP contribution < -0.4 is 11.1 Å². The summed E-state index contributed by atoms with van der Waals surface area (Å²) in [7, 11) is 0. The van der Waals surface area contributed by atoms with E-state index in [4.69, 9.17) is 0 Å². The number of benzene rings is 2. The van der Waals surface area contributed by atoms with Crippen LogP contribution in [-0.2, 0) is 13.1 Å². The molecule has 0 spiro atoms. The summed E-state index contributed by atoms with van der Waals surface area (Å²) in [5, 5.41) is 1.81. The third-order valence-corrected chi connectivity index (χ3v) is 9.78. The van der Waals surface area contributed by atoms with Crippen LogP contribution in [0.2, 0.25) is 0 Å². The molecule has 0 saturated carbocycles. The van der Waals surface area contributed by atoms with Crippen molar-refractivity contribution in [3.05, 3.63) is 69.2 Å². The Morgan fingerprint density at radius 1 is 0.571 bits per heavy atom. The molecular weight excluding hydrogens is 482 g/mol. The normalized spacial score (nSPS) is 11.6. The van der Waals surface area contributed by atoms with Crippen molar-refractivity contribution in [2.45, 2.75) is 51.6 Å². The number of hydrogen-bond acceptors (Lipinski definition) is 2. The van der Waals surface area contributed by atoms with E-state index in [2.05, 4.69) is 12.1 Å². The van der Waals surface area contributed by atoms with E-state index in [-0.39, 0.29) is 40.6 Å². The van der Waals surface area contributed by atoms with Gasteiger partial charge in [0.2, 0.25) is 0 Å². The van der Waals surface area contributed by atoms with E-state index in [1.165, 1.54) is 34.2 Å². The fourth-order valence-electron chi connectivity index (χ4n) is 3.55. The zero-order chi connectivity index (χ0) is 19.3. The first-order valence-corrected chi connectivity index (χ1v) is 13.2. The maximum atomic E-state index is 12.3. The Balaban J connectivity index is 1.16. The fourth-order valence-corrected chi connectivity index (χ4v) is 7.88. The average Bonchev–Trinajstić information content (AvgIpc) is 3.21. The minimum atomic E-state index is 0.162. The van der Waals surface area contributed by atoms with Crippen molar-refractivity contribution in [3.8, 4) is 0 Å². The van der Waals surface area contributed by atoms with Crippen molar-refractivity contribution in [1.82, 2.24) is 7.12 Å². The molecule has 28 heavy (non-hydrogen) atoms. The molecule has 4 rings (SSSR count). The summed E-state index contributed by atoms with van der Waals surface area (Å²) >= 11 is 0.324. The summed E-state index contributed by atoms with van der Waals surface area (Å²) < 4.78 is 6.52. The van der Waals surface area contributed by atoms with E-state index in [9.17, 15) is 9.59 Å². The molecule has 0 amide bonds. The Hall–Kier alpha value is -1.58. The van der Waals surface area contributed by atoms with Crippen molar-refractivity contribution in [2.75, 3.05) is 0 Å². The van der Waals surface area contributed by atoms with E-state index in [0.29, 0.717) is 0 Å². The molecule has 0 saturated heterocycles. The van der Waals surface area contributed by atoms with Crippen LogP contribution in [0.3, 0.4) is 0 Å². The van der Waals surface area contributed by atoms with Crippen LogP contribution in [0.4, 0.5) is 0 Å². The molecule has 0 aliphatic carbocycles. The van der Waals surface area contributed by atoms with E-state index < -0.39 is 0 Å². The Bertz CT molecular complexity index is 1090. The summed E-state index contributed by atoms with van der Waals surface area (Å²) in [6.45, 7) is 1.77. The molecule has 0 radical (unpaired) electrons. The Labute approximate surface area is 176 Å². The van der Waals surface area contributed by atoms with Crippen molar-refractivity contribution in [2.24, 2.45) is 0 Å². The average molecular weight is 506 g/mol. The van der Waals surface area contributed by atoms with E-state index in [1.807, 2.05) is 43.5 Å². The number of nitrogens with zero attached hydrogens (tertiary/aromatic N) is 2. The first-order valence-electron chi connectivity index (χ1n) is 9.92. The van der Waals surface area contributed by atoms with Crippen LogP contribution in [0, 0.1) is 0 Å². The number of rotatable bonds is 9. The summed E-state index contributed by atoms with van der Waals surface area (Å²) in [6, 6.07) is 16.0. The molecule has 2 aromatic carbocycles. The second-order valence-corrected chi connectivity index (χ2v) is 11.6. The summed E-state index contributed by atoms with van der Waals surface area (Å²) in [6.07, 6.45) is 6.94. The van der Waals surface area contributed by atoms with Gasteiger partial charge in [-0.15, -0.1) is 0 Å². The van der Waals surface area contributed by atoms with Gasteiger partial charge in [-0.25, -0.2) is 0 Å². The molecule has 0 aliphatic heterocycles. The van der Waals surface area contributed by atoms with Crippen molar-refractivity contribution >= 4 is 48.8 Å². The topological polar surface area (TPSA) is 44.0 Å². The number of unbranched alkanes of at least 4 members (excludes halogenated alkanes) is 5. The molecule has 2 heterocycles. The number of aryl methyl sites for hydroxylation is 2. The van der Waals surface area contributed by atoms with Gasteiger partial charge in [-0.3, -0.25) is 0 Å². The predicted molar refractivity (Wildman–Crippen MR) is 118 cm³/mol. The Morgan fingerprint density at radius 2 is 0.964 bits per heavy atom. The van der Waals surface area contributed by atoms with Gasteiger partial charge in [0.25, 0.3) is 0 Å². The van der Waals surface area contributed by atoms with Crippen LogP contribution in [0.5, 0.6) is 0 Å². The second-order valence-electron chi connectivity index (χ2n) is 7.11. The van der Waals surface area contributed by atoms with E-state index in [0.717, 1.165) is 36.7 Å².